The minimum absolute atomic E-state index is 0.368. The highest BCUT2D eigenvalue weighted by molar-refractivity contribution is 5.90. The Labute approximate surface area is 129 Å². The lowest BCUT2D eigenvalue weighted by atomic mass is 10.2. The molecule has 0 bridgehead atoms. The van der Waals surface area contributed by atoms with Crippen molar-refractivity contribution in [3.8, 4) is 0 Å². The van der Waals surface area contributed by atoms with Crippen LogP contribution < -0.4 is 10.6 Å². The number of carbonyl (C=O) groups excluding carboxylic acids is 1. The van der Waals surface area contributed by atoms with Crippen LogP contribution in [0.4, 0.5) is 17.3 Å². The van der Waals surface area contributed by atoms with Gasteiger partial charge in [-0.05, 0) is 31.5 Å². The number of benzene rings is 1. The van der Waals surface area contributed by atoms with Crippen LogP contribution in [0.2, 0.25) is 0 Å². The molecule has 116 valence electrons. The Balaban J connectivity index is 2.19. The molecule has 0 aliphatic carbocycles. The monoisotopic (exact) mass is 300 g/mol. The third-order valence-corrected chi connectivity index (χ3v) is 2.95. The van der Waals surface area contributed by atoms with Crippen LogP contribution in [-0.2, 0) is 4.74 Å². The van der Waals surface area contributed by atoms with E-state index in [2.05, 4.69) is 27.5 Å². The van der Waals surface area contributed by atoms with Crippen molar-refractivity contribution in [1.29, 1.82) is 0 Å². The third-order valence-electron chi connectivity index (χ3n) is 2.95. The van der Waals surface area contributed by atoms with Gasteiger partial charge in [-0.2, -0.15) is 0 Å². The zero-order valence-corrected chi connectivity index (χ0v) is 13.0. The van der Waals surface area contributed by atoms with Gasteiger partial charge in [-0.25, -0.2) is 14.8 Å². The summed E-state index contributed by atoms with van der Waals surface area (Å²) in [5, 5.41) is 6.42. The fraction of sp³-hybridized carbons (Fsp3) is 0.312. The van der Waals surface area contributed by atoms with Gasteiger partial charge in [0.05, 0.1) is 12.7 Å². The molecule has 1 aromatic heterocycles. The normalized spacial score (nSPS) is 10.1. The number of ether oxygens (including phenoxy) is 1. The lowest BCUT2D eigenvalue weighted by Crippen LogP contribution is -2.06. The fourth-order valence-corrected chi connectivity index (χ4v) is 1.97. The molecule has 0 fully saturated rings. The Morgan fingerprint density at radius 1 is 1.23 bits per heavy atom. The topological polar surface area (TPSA) is 76.1 Å². The number of hydrogen-bond acceptors (Lipinski definition) is 6. The standard InChI is InChI=1S/C16H20N4O2/c1-4-8-17-14-10-15(19-11(2)18-14)20-13-7-5-6-12(9-13)16(21)22-3/h5-7,9-10H,4,8H2,1-3H3,(H2,17,18,19,20). The molecule has 1 heterocycles. The van der Waals surface area contributed by atoms with Crippen LogP contribution in [0.1, 0.15) is 29.5 Å². The summed E-state index contributed by atoms with van der Waals surface area (Å²) in [4.78, 5) is 20.2. The molecule has 2 aromatic rings. The molecule has 0 saturated carbocycles. The third kappa shape index (κ3) is 4.18. The number of aryl methyl sites for hydroxylation is 1. The molecule has 0 saturated heterocycles. The minimum Gasteiger partial charge on any atom is -0.465 e. The number of nitrogens with zero attached hydrogens (tertiary/aromatic N) is 2. The maximum Gasteiger partial charge on any atom is 0.337 e. The molecule has 0 spiro atoms. The molecular weight excluding hydrogens is 280 g/mol. The van der Waals surface area contributed by atoms with E-state index < -0.39 is 0 Å². The maximum absolute atomic E-state index is 11.6. The second kappa shape index (κ2) is 7.40. The largest absolute Gasteiger partial charge is 0.465 e. The van der Waals surface area contributed by atoms with E-state index >= 15 is 0 Å². The van der Waals surface area contributed by atoms with Crippen molar-refractivity contribution in [1.82, 2.24) is 9.97 Å². The second-order valence-corrected chi connectivity index (χ2v) is 4.81. The van der Waals surface area contributed by atoms with Crippen molar-refractivity contribution in [3.63, 3.8) is 0 Å². The lowest BCUT2D eigenvalue weighted by Gasteiger charge is -2.10. The molecule has 0 aliphatic heterocycles. The molecular formula is C16H20N4O2. The molecule has 6 nitrogen and oxygen atoms in total. The van der Waals surface area contributed by atoms with Gasteiger partial charge in [0.25, 0.3) is 0 Å². The zero-order chi connectivity index (χ0) is 15.9. The highest BCUT2D eigenvalue weighted by Crippen LogP contribution is 2.19. The van der Waals surface area contributed by atoms with E-state index in [9.17, 15) is 4.79 Å². The van der Waals surface area contributed by atoms with Gasteiger partial charge >= 0.3 is 5.97 Å². The van der Waals surface area contributed by atoms with E-state index in [1.165, 1.54) is 7.11 Å². The first-order valence-corrected chi connectivity index (χ1v) is 7.17. The first kappa shape index (κ1) is 15.8. The van der Waals surface area contributed by atoms with E-state index in [1.54, 1.807) is 18.2 Å². The van der Waals surface area contributed by atoms with Gasteiger partial charge in [-0.1, -0.05) is 13.0 Å². The van der Waals surface area contributed by atoms with E-state index in [-0.39, 0.29) is 5.97 Å². The van der Waals surface area contributed by atoms with Crippen molar-refractivity contribution >= 4 is 23.3 Å². The van der Waals surface area contributed by atoms with Crippen LogP contribution in [-0.4, -0.2) is 29.6 Å². The molecule has 0 unspecified atom stereocenters. The van der Waals surface area contributed by atoms with Crippen molar-refractivity contribution in [2.45, 2.75) is 20.3 Å². The Morgan fingerprint density at radius 3 is 2.73 bits per heavy atom. The number of anilines is 3. The summed E-state index contributed by atoms with van der Waals surface area (Å²) in [7, 11) is 1.36. The predicted octanol–water partition coefficient (Wildman–Crippen LogP) is 3.14. The van der Waals surface area contributed by atoms with E-state index in [0.29, 0.717) is 17.2 Å². The summed E-state index contributed by atoms with van der Waals surface area (Å²) in [5.74, 6) is 1.76. The van der Waals surface area contributed by atoms with Gasteiger partial charge in [0.15, 0.2) is 0 Å². The molecule has 0 atom stereocenters. The van der Waals surface area contributed by atoms with E-state index in [4.69, 9.17) is 4.74 Å². The van der Waals surface area contributed by atoms with Crippen LogP contribution in [0.25, 0.3) is 0 Å². The fourth-order valence-electron chi connectivity index (χ4n) is 1.97. The van der Waals surface area contributed by atoms with Gasteiger partial charge in [0, 0.05) is 18.3 Å². The summed E-state index contributed by atoms with van der Waals surface area (Å²) in [6, 6.07) is 8.92. The van der Waals surface area contributed by atoms with Crippen LogP contribution in [0, 0.1) is 6.92 Å². The highest BCUT2D eigenvalue weighted by Gasteiger charge is 2.07. The SMILES string of the molecule is CCCNc1cc(Nc2cccc(C(=O)OC)c2)nc(C)n1. The summed E-state index contributed by atoms with van der Waals surface area (Å²) >= 11 is 0. The Morgan fingerprint density at radius 2 is 2.00 bits per heavy atom. The molecule has 22 heavy (non-hydrogen) atoms. The van der Waals surface area contributed by atoms with Crippen LogP contribution >= 0.6 is 0 Å². The van der Waals surface area contributed by atoms with Crippen molar-refractivity contribution in [2.24, 2.45) is 0 Å². The lowest BCUT2D eigenvalue weighted by molar-refractivity contribution is 0.0601. The van der Waals surface area contributed by atoms with Gasteiger partial charge < -0.3 is 15.4 Å². The minimum atomic E-state index is -0.368. The molecule has 0 amide bonds. The van der Waals surface area contributed by atoms with Gasteiger partial charge in [-0.3, -0.25) is 0 Å². The molecule has 0 radical (unpaired) electrons. The average molecular weight is 300 g/mol. The summed E-state index contributed by atoms with van der Waals surface area (Å²) < 4.78 is 4.72. The summed E-state index contributed by atoms with van der Waals surface area (Å²) in [5.41, 5.74) is 1.25. The summed E-state index contributed by atoms with van der Waals surface area (Å²) in [6.07, 6.45) is 1.02. The number of hydrogen-bond donors (Lipinski definition) is 2. The zero-order valence-electron chi connectivity index (χ0n) is 13.0. The number of carbonyl (C=O) groups is 1. The van der Waals surface area contributed by atoms with Crippen molar-refractivity contribution in [3.05, 3.63) is 41.7 Å². The Kier molecular flexibility index (Phi) is 5.30. The Bertz CT molecular complexity index is 658. The quantitative estimate of drug-likeness (QED) is 0.798. The molecule has 2 rings (SSSR count). The Hall–Kier alpha value is -2.63. The number of methoxy groups -OCH3 is 1. The smallest absolute Gasteiger partial charge is 0.337 e. The van der Waals surface area contributed by atoms with Gasteiger partial charge in [0.1, 0.15) is 17.5 Å². The van der Waals surface area contributed by atoms with Crippen LogP contribution in [0.15, 0.2) is 30.3 Å². The average Bonchev–Trinajstić information content (AvgIpc) is 2.52. The first-order valence-electron chi connectivity index (χ1n) is 7.17. The van der Waals surface area contributed by atoms with Crippen molar-refractivity contribution < 1.29 is 9.53 Å². The van der Waals surface area contributed by atoms with E-state index in [0.717, 1.165) is 24.5 Å². The molecule has 2 N–H and O–H groups in total. The van der Waals surface area contributed by atoms with Crippen molar-refractivity contribution in [2.75, 3.05) is 24.3 Å². The number of nitrogens with one attached hydrogen (secondary N) is 2. The van der Waals surface area contributed by atoms with E-state index in [1.807, 2.05) is 19.1 Å². The number of esters is 1. The highest BCUT2D eigenvalue weighted by atomic mass is 16.5. The van der Waals surface area contributed by atoms with Crippen LogP contribution in [0.3, 0.4) is 0 Å². The summed E-state index contributed by atoms with van der Waals surface area (Å²) in [6.45, 7) is 4.79. The molecule has 6 heteroatoms. The maximum atomic E-state index is 11.6. The number of aromatic nitrogens is 2. The molecule has 1 aromatic carbocycles. The second-order valence-electron chi connectivity index (χ2n) is 4.81. The number of rotatable bonds is 6. The predicted molar refractivity (Wildman–Crippen MR) is 86.6 cm³/mol. The molecule has 0 aliphatic rings. The van der Waals surface area contributed by atoms with Gasteiger partial charge in [-0.15, -0.1) is 0 Å². The first-order chi connectivity index (χ1) is 10.6. The van der Waals surface area contributed by atoms with Gasteiger partial charge in [0.2, 0.25) is 0 Å². The van der Waals surface area contributed by atoms with Crippen LogP contribution in [0.5, 0.6) is 0 Å².